The first-order valence-corrected chi connectivity index (χ1v) is 3.98. The molecule has 0 aliphatic rings. The van der Waals surface area contributed by atoms with E-state index in [0.29, 0.717) is 0 Å². The highest BCUT2D eigenvalue weighted by Crippen LogP contribution is 2.37. The Balaban J connectivity index is 5.34. The molecule has 0 aromatic carbocycles. The number of hydrogen-bond donors (Lipinski definition) is 0. The van der Waals surface area contributed by atoms with Gasteiger partial charge in [0.25, 0.3) is 11.9 Å². The van der Waals surface area contributed by atoms with Crippen LogP contribution in [0.15, 0.2) is 5.16 Å². The van der Waals surface area contributed by atoms with Gasteiger partial charge >= 0.3 is 24.6 Å². The van der Waals surface area contributed by atoms with E-state index in [1.807, 2.05) is 0 Å². The third-order valence-corrected chi connectivity index (χ3v) is 1.38. The van der Waals surface area contributed by atoms with Gasteiger partial charge in [-0.1, -0.05) is 5.16 Å². The first-order valence-electron chi connectivity index (χ1n) is 3.98. The van der Waals surface area contributed by atoms with Gasteiger partial charge in [0.2, 0.25) is 0 Å². The average Bonchev–Trinajstić information content (AvgIpc) is 2.10. The summed E-state index contributed by atoms with van der Waals surface area (Å²) in [7, 11) is 0. The van der Waals surface area contributed by atoms with Gasteiger partial charge in [0, 0.05) is 0 Å². The summed E-state index contributed by atoms with van der Waals surface area (Å²) in [4.78, 5) is 2.15. The first-order chi connectivity index (χ1) is 8.49. The molecule has 0 amide bonds. The van der Waals surface area contributed by atoms with Crippen molar-refractivity contribution in [1.82, 2.24) is 0 Å². The number of halogens is 12. The van der Waals surface area contributed by atoms with Crippen molar-refractivity contribution >= 4 is 5.71 Å². The van der Waals surface area contributed by atoms with E-state index in [0.717, 1.165) is 5.16 Å². The average molecular weight is 331 g/mol. The molecule has 120 valence electrons. The molecule has 0 N–H and O–H groups in total. The van der Waals surface area contributed by atoms with E-state index in [1.165, 1.54) is 0 Å². The van der Waals surface area contributed by atoms with E-state index in [4.69, 9.17) is 0 Å². The summed E-state index contributed by atoms with van der Waals surface area (Å²) in [5.74, 6) is 0. The largest absolute Gasteiger partial charge is 0.458 e. The lowest BCUT2D eigenvalue weighted by molar-refractivity contribution is -0.337. The van der Waals surface area contributed by atoms with E-state index in [1.54, 1.807) is 0 Å². The van der Waals surface area contributed by atoms with Gasteiger partial charge in [-0.05, 0) is 0 Å². The van der Waals surface area contributed by atoms with E-state index in [2.05, 4.69) is 4.84 Å². The summed E-state index contributed by atoms with van der Waals surface area (Å²) in [5.41, 5.74) is -3.90. The zero-order valence-corrected chi connectivity index (χ0v) is 8.47. The monoisotopic (exact) mass is 331 g/mol. The second-order valence-corrected chi connectivity index (χ2v) is 2.99. The molecule has 0 spiro atoms. The normalized spacial score (nSPS) is 15.8. The van der Waals surface area contributed by atoms with Gasteiger partial charge in [0.15, 0.2) is 0 Å². The molecule has 0 saturated carbocycles. The molecule has 0 bridgehead atoms. The molecular weight excluding hydrogens is 330 g/mol. The van der Waals surface area contributed by atoms with Crippen LogP contribution in [0.4, 0.5) is 52.7 Å². The molecule has 0 aliphatic carbocycles. The summed E-state index contributed by atoms with van der Waals surface area (Å²) in [6.45, 7) is 0. The van der Waals surface area contributed by atoms with Crippen LogP contribution in [-0.2, 0) is 4.84 Å². The highest BCUT2D eigenvalue weighted by atomic mass is 19.4. The molecule has 0 radical (unpaired) electrons. The third-order valence-electron chi connectivity index (χ3n) is 1.38. The van der Waals surface area contributed by atoms with Gasteiger partial charge in [-0.15, -0.1) is 0 Å². The molecule has 0 fully saturated rings. The molecule has 14 heteroatoms. The van der Waals surface area contributed by atoms with Crippen LogP contribution in [0.2, 0.25) is 0 Å². The van der Waals surface area contributed by atoms with Gasteiger partial charge in [-0.2, -0.15) is 48.3 Å². The Bertz CT molecular complexity index is 346. The molecular formula is C6HF12NO. The number of hydrogen-bond acceptors (Lipinski definition) is 2. The molecule has 0 saturated heterocycles. The number of oxime groups is 1. The second kappa shape index (κ2) is 5.20. The lowest BCUT2D eigenvalue weighted by Gasteiger charge is -2.21. The van der Waals surface area contributed by atoms with Crippen molar-refractivity contribution in [3.05, 3.63) is 0 Å². The van der Waals surface area contributed by atoms with Crippen LogP contribution in [0.5, 0.6) is 0 Å². The van der Waals surface area contributed by atoms with E-state index >= 15 is 0 Å². The minimum absolute atomic E-state index is 0.849. The van der Waals surface area contributed by atoms with Crippen molar-refractivity contribution in [1.29, 1.82) is 0 Å². The maximum atomic E-state index is 12.3. The molecule has 1 unspecified atom stereocenters. The summed E-state index contributed by atoms with van der Waals surface area (Å²) in [5, 5.41) is 0.849. The predicted octanol–water partition coefficient (Wildman–Crippen LogP) is 3.98. The van der Waals surface area contributed by atoms with Crippen LogP contribution in [0.3, 0.4) is 0 Å². The Kier molecular flexibility index (Phi) is 4.84. The van der Waals surface area contributed by atoms with Crippen molar-refractivity contribution in [3.63, 3.8) is 0 Å². The Labute approximate surface area is 101 Å². The summed E-state index contributed by atoms with van der Waals surface area (Å²) >= 11 is 0. The quantitative estimate of drug-likeness (QED) is 0.436. The lowest BCUT2D eigenvalue weighted by Crippen LogP contribution is -2.44. The van der Waals surface area contributed by atoms with E-state index in [9.17, 15) is 52.7 Å². The van der Waals surface area contributed by atoms with Gasteiger partial charge in [0.05, 0.1) is 0 Å². The molecule has 2 nitrogen and oxygen atoms in total. The van der Waals surface area contributed by atoms with Gasteiger partial charge in [-0.3, -0.25) is 0 Å². The topological polar surface area (TPSA) is 21.6 Å². The highest BCUT2D eigenvalue weighted by Gasteiger charge is 2.61. The van der Waals surface area contributed by atoms with Crippen LogP contribution in [0.1, 0.15) is 0 Å². The standard InChI is InChI=1S/C6HF12NO/c7-1(3(8,9)10)6(17,18)20-19-2(4(11,12)13)5(14,15)16/h1H. The maximum Gasteiger partial charge on any atom is 0.458 e. The minimum atomic E-state index is -6.35. The van der Waals surface area contributed by atoms with E-state index in [-0.39, 0.29) is 0 Å². The van der Waals surface area contributed by atoms with Gasteiger partial charge in [-0.25, -0.2) is 4.39 Å². The number of nitrogens with zero attached hydrogens (tertiary/aromatic N) is 1. The van der Waals surface area contributed by atoms with Crippen molar-refractivity contribution in [2.24, 2.45) is 5.16 Å². The Morgan fingerprint density at radius 2 is 1.10 bits per heavy atom. The minimum Gasteiger partial charge on any atom is -0.319 e. The van der Waals surface area contributed by atoms with Crippen molar-refractivity contribution in [2.45, 2.75) is 30.8 Å². The summed E-state index contributed by atoms with van der Waals surface area (Å²) in [6.07, 6.45) is -30.2. The Morgan fingerprint density at radius 3 is 1.35 bits per heavy atom. The number of rotatable bonds is 3. The number of alkyl halides is 12. The molecule has 0 aromatic heterocycles. The second-order valence-electron chi connectivity index (χ2n) is 2.99. The lowest BCUT2D eigenvalue weighted by atomic mass is 10.3. The molecule has 0 rings (SSSR count). The van der Waals surface area contributed by atoms with Crippen LogP contribution in [-0.4, -0.2) is 36.5 Å². The van der Waals surface area contributed by atoms with Crippen molar-refractivity contribution < 1.29 is 57.5 Å². The summed E-state index contributed by atoms with van der Waals surface area (Å²) < 4.78 is 142. The van der Waals surface area contributed by atoms with Crippen LogP contribution >= 0.6 is 0 Å². The van der Waals surface area contributed by atoms with Crippen LogP contribution in [0.25, 0.3) is 0 Å². The fraction of sp³-hybridized carbons (Fsp3) is 0.833. The Morgan fingerprint density at radius 1 is 0.750 bits per heavy atom. The SMILES string of the molecule is FC(C(F)(F)F)C(F)(F)ON=C(C(F)(F)F)C(F)(F)F. The first kappa shape index (κ1) is 18.6. The van der Waals surface area contributed by atoms with Crippen LogP contribution in [0, 0.1) is 0 Å². The molecule has 0 aromatic rings. The smallest absolute Gasteiger partial charge is 0.319 e. The van der Waals surface area contributed by atoms with Gasteiger partial charge < -0.3 is 4.84 Å². The molecule has 0 aliphatic heterocycles. The molecule has 1 atom stereocenters. The molecule has 0 heterocycles. The van der Waals surface area contributed by atoms with Crippen LogP contribution < -0.4 is 0 Å². The Hall–Kier alpha value is -1.37. The van der Waals surface area contributed by atoms with E-state index < -0.39 is 36.5 Å². The molecule has 20 heavy (non-hydrogen) atoms. The zero-order chi connectivity index (χ0) is 16.6. The highest BCUT2D eigenvalue weighted by molar-refractivity contribution is 5.94. The van der Waals surface area contributed by atoms with Gasteiger partial charge in [0.1, 0.15) is 0 Å². The predicted molar refractivity (Wildman–Crippen MR) is 36.5 cm³/mol. The summed E-state index contributed by atoms with van der Waals surface area (Å²) in [6, 6.07) is 0. The fourth-order valence-corrected chi connectivity index (χ4v) is 0.608. The van der Waals surface area contributed by atoms with Crippen molar-refractivity contribution in [2.75, 3.05) is 0 Å². The zero-order valence-electron chi connectivity index (χ0n) is 8.47. The third kappa shape index (κ3) is 4.96. The van der Waals surface area contributed by atoms with Crippen molar-refractivity contribution in [3.8, 4) is 0 Å². The fourth-order valence-electron chi connectivity index (χ4n) is 0.608. The maximum absolute atomic E-state index is 12.3.